The SMILES string of the molecule is CC1(C)OC2(CCNCC2)NC1=O. The third-order valence-electron chi connectivity index (χ3n) is 2.75. The number of hydrogen-bond donors (Lipinski definition) is 2. The van der Waals surface area contributed by atoms with Crippen molar-refractivity contribution in [3.63, 3.8) is 0 Å². The third-order valence-corrected chi connectivity index (χ3v) is 2.75. The van der Waals surface area contributed by atoms with E-state index >= 15 is 0 Å². The molecule has 0 aromatic carbocycles. The maximum Gasteiger partial charge on any atom is 0.253 e. The first-order valence-electron chi connectivity index (χ1n) is 4.78. The van der Waals surface area contributed by atoms with Gasteiger partial charge in [0, 0.05) is 12.8 Å². The second-order valence-corrected chi connectivity index (χ2v) is 4.31. The molecule has 13 heavy (non-hydrogen) atoms. The number of amides is 1. The van der Waals surface area contributed by atoms with Crippen LogP contribution in [0.25, 0.3) is 0 Å². The van der Waals surface area contributed by atoms with Gasteiger partial charge >= 0.3 is 0 Å². The predicted molar refractivity (Wildman–Crippen MR) is 48.1 cm³/mol. The van der Waals surface area contributed by atoms with Gasteiger partial charge in [-0.05, 0) is 26.9 Å². The highest BCUT2D eigenvalue weighted by molar-refractivity contribution is 5.86. The molecule has 2 rings (SSSR count). The molecule has 0 bridgehead atoms. The Morgan fingerprint density at radius 3 is 2.38 bits per heavy atom. The van der Waals surface area contributed by atoms with E-state index in [2.05, 4.69) is 10.6 Å². The summed E-state index contributed by atoms with van der Waals surface area (Å²) in [5.41, 5.74) is -1.04. The van der Waals surface area contributed by atoms with Crippen molar-refractivity contribution in [2.45, 2.75) is 38.0 Å². The lowest BCUT2D eigenvalue weighted by Crippen LogP contribution is -2.50. The Hall–Kier alpha value is -0.610. The molecule has 2 aliphatic heterocycles. The Morgan fingerprint density at radius 1 is 1.31 bits per heavy atom. The lowest BCUT2D eigenvalue weighted by Gasteiger charge is -2.33. The zero-order valence-electron chi connectivity index (χ0n) is 8.14. The van der Waals surface area contributed by atoms with E-state index in [9.17, 15) is 4.79 Å². The minimum atomic E-state index is -0.655. The number of carbonyl (C=O) groups excluding carboxylic acids is 1. The van der Waals surface area contributed by atoms with Gasteiger partial charge in [0.25, 0.3) is 5.91 Å². The average Bonchev–Trinajstić information content (AvgIpc) is 2.23. The van der Waals surface area contributed by atoms with Crippen LogP contribution >= 0.6 is 0 Å². The number of carbonyl (C=O) groups is 1. The van der Waals surface area contributed by atoms with Gasteiger partial charge in [-0.1, -0.05) is 0 Å². The number of hydrogen-bond acceptors (Lipinski definition) is 3. The minimum Gasteiger partial charge on any atom is -0.340 e. The summed E-state index contributed by atoms with van der Waals surface area (Å²) in [6.07, 6.45) is 1.73. The summed E-state index contributed by atoms with van der Waals surface area (Å²) < 4.78 is 5.79. The molecule has 0 aromatic heterocycles. The smallest absolute Gasteiger partial charge is 0.253 e. The standard InChI is InChI=1S/C9H16N2O2/c1-8(2)7(12)11-9(13-8)3-5-10-6-4-9/h10H,3-6H2,1-2H3,(H,11,12). The molecule has 4 heteroatoms. The molecule has 0 unspecified atom stereocenters. The van der Waals surface area contributed by atoms with Gasteiger partial charge in [0.2, 0.25) is 0 Å². The summed E-state index contributed by atoms with van der Waals surface area (Å²) in [6, 6.07) is 0. The summed E-state index contributed by atoms with van der Waals surface area (Å²) in [6.45, 7) is 5.46. The van der Waals surface area contributed by atoms with Crippen LogP contribution in [0.2, 0.25) is 0 Å². The maximum absolute atomic E-state index is 11.5. The van der Waals surface area contributed by atoms with E-state index in [-0.39, 0.29) is 11.6 Å². The Morgan fingerprint density at radius 2 is 1.92 bits per heavy atom. The van der Waals surface area contributed by atoms with Crippen molar-refractivity contribution < 1.29 is 9.53 Å². The van der Waals surface area contributed by atoms with Gasteiger partial charge in [-0.2, -0.15) is 0 Å². The molecule has 2 N–H and O–H groups in total. The minimum absolute atomic E-state index is 0.00870. The molecule has 0 aliphatic carbocycles. The molecule has 0 aromatic rings. The zero-order chi connectivity index (χ0) is 9.53. The molecule has 0 radical (unpaired) electrons. The number of ether oxygens (including phenoxy) is 1. The highest BCUT2D eigenvalue weighted by Gasteiger charge is 2.50. The normalized spacial score (nSPS) is 30.5. The maximum atomic E-state index is 11.5. The van der Waals surface area contributed by atoms with E-state index in [1.807, 2.05) is 13.8 Å². The van der Waals surface area contributed by atoms with Crippen molar-refractivity contribution in [3.8, 4) is 0 Å². The Bertz CT molecular complexity index is 232. The molecular weight excluding hydrogens is 168 g/mol. The fourth-order valence-electron chi connectivity index (χ4n) is 1.98. The van der Waals surface area contributed by atoms with E-state index in [1.165, 1.54) is 0 Å². The van der Waals surface area contributed by atoms with E-state index in [0.29, 0.717) is 0 Å². The van der Waals surface area contributed by atoms with Crippen molar-refractivity contribution in [2.24, 2.45) is 0 Å². The molecule has 1 amide bonds. The number of piperidine rings is 1. The van der Waals surface area contributed by atoms with Crippen molar-refractivity contribution >= 4 is 5.91 Å². The fraction of sp³-hybridized carbons (Fsp3) is 0.889. The molecule has 0 saturated carbocycles. The van der Waals surface area contributed by atoms with Crippen LogP contribution in [0.3, 0.4) is 0 Å². The van der Waals surface area contributed by atoms with E-state index < -0.39 is 5.60 Å². The van der Waals surface area contributed by atoms with Gasteiger partial charge in [-0.3, -0.25) is 4.79 Å². The highest BCUT2D eigenvalue weighted by atomic mass is 16.6. The number of rotatable bonds is 0. The van der Waals surface area contributed by atoms with Gasteiger partial charge in [-0.15, -0.1) is 0 Å². The molecule has 2 saturated heterocycles. The first-order chi connectivity index (χ1) is 6.04. The largest absolute Gasteiger partial charge is 0.340 e. The topological polar surface area (TPSA) is 50.4 Å². The quantitative estimate of drug-likeness (QED) is 0.557. The van der Waals surface area contributed by atoms with Crippen LogP contribution in [0, 0.1) is 0 Å². The summed E-state index contributed by atoms with van der Waals surface area (Å²) in [5.74, 6) is 0.00870. The summed E-state index contributed by atoms with van der Waals surface area (Å²) in [7, 11) is 0. The van der Waals surface area contributed by atoms with Crippen LogP contribution in [0.1, 0.15) is 26.7 Å². The zero-order valence-corrected chi connectivity index (χ0v) is 8.14. The van der Waals surface area contributed by atoms with Crippen molar-refractivity contribution in [2.75, 3.05) is 13.1 Å². The highest BCUT2D eigenvalue weighted by Crippen LogP contribution is 2.32. The third kappa shape index (κ3) is 1.44. The fourth-order valence-corrected chi connectivity index (χ4v) is 1.98. The first-order valence-corrected chi connectivity index (χ1v) is 4.78. The average molecular weight is 184 g/mol. The van der Waals surface area contributed by atoms with Gasteiger partial charge in [0.05, 0.1) is 0 Å². The van der Waals surface area contributed by atoms with Crippen LogP contribution in [-0.4, -0.2) is 30.3 Å². The van der Waals surface area contributed by atoms with Gasteiger partial charge in [-0.25, -0.2) is 0 Å². The molecule has 4 nitrogen and oxygen atoms in total. The van der Waals surface area contributed by atoms with Gasteiger partial charge in [0.15, 0.2) is 0 Å². The monoisotopic (exact) mass is 184 g/mol. The lowest BCUT2D eigenvalue weighted by molar-refractivity contribution is -0.136. The van der Waals surface area contributed by atoms with Crippen LogP contribution in [0.15, 0.2) is 0 Å². The van der Waals surface area contributed by atoms with Crippen LogP contribution in [-0.2, 0) is 9.53 Å². The first kappa shape index (κ1) is 8.97. The predicted octanol–water partition coefficient (Wildman–Crippen LogP) is -0.00890. The molecule has 74 valence electrons. The van der Waals surface area contributed by atoms with Crippen molar-refractivity contribution in [1.29, 1.82) is 0 Å². The Labute approximate surface area is 78.0 Å². The summed E-state index contributed by atoms with van der Waals surface area (Å²) in [5, 5.41) is 6.21. The van der Waals surface area contributed by atoms with E-state index in [1.54, 1.807) is 0 Å². The summed E-state index contributed by atoms with van der Waals surface area (Å²) in [4.78, 5) is 11.5. The van der Waals surface area contributed by atoms with Crippen LogP contribution in [0.5, 0.6) is 0 Å². The van der Waals surface area contributed by atoms with Crippen LogP contribution < -0.4 is 10.6 Å². The molecule has 0 atom stereocenters. The number of nitrogens with one attached hydrogen (secondary N) is 2. The van der Waals surface area contributed by atoms with Gasteiger partial charge in [0.1, 0.15) is 11.3 Å². The van der Waals surface area contributed by atoms with Crippen molar-refractivity contribution in [3.05, 3.63) is 0 Å². The van der Waals surface area contributed by atoms with E-state index in [0.717, 1.165) is 25.9 Å². The second kappa shape index (κ2) is 2.69. The Kier molecular flexibility index (Phi) is 1.85. The molecule has 2 fully saturated rings. The lowest BCUT2D eigenvalue weighted by atomic mass is 10.0. The van der Waals surface area contributed by atoms with Crippen molar-refractivity contribution in [1.82, 2.24) is 10.6 Å². The van der Waals surface area contributed by atoms with E-state index in [4.69, 9.17) is 4.74 Å². The van der Waals surface area contributed by atoms with Crippen LogP contribution in [0.4, 0.5) is 0 Å². The molecule has 2 heterocycles. The van der Waals surface area contributed by atoms with Gasteiger partial charge < -0.3 is 15.4 Å². The Balaban J connectivity index is 2.14. The molecular formula is C9H16N2O2. The summed E-state index contributed by atoms with van der Waals surface area (Å²) >= 11 is 0. The molecule has 2 aliphatic rings. The molecule has 1 spiro atoms. The second-order valence-electron chi connectivity index (χ2n) is 4.31.